The maximum atomic E-state index is 12.9. The number of hydrogen-bond acceptors (Lipinski definition) is 12. The van der Waals surface area contributed by atoms with E-state index in [-0.39, 0.29) is 12.8 Å². The Hall–Kier alpha value is -3.49. The second-order valence-corrected chi connectivity index (χ2v) is 7.66. The largest absolute Gasteiger partial charge is 0.508 e. The minimum atomic E-state index is -1.80. The van der Waals surface area contributed by atoms with Crippen LogP contribution in [0, 0.1) is 10.1 Å². The lowest BCUT2D eigenvalue weighted by molar-refractivity contribution is -0.385. The fourth-order valence-electron chi connectivity index (χ4n) is 3.50. The zero-order valence-electron chi connectivity index (χ0n) is 17.5. The number of nitrogens with zero attached hydrogens (tertiary/aromatic N) is 1. The molecule has 1 aliphatic rings. The molecule has 1 heterocycles. The summed E-state index contributed by atoms with van der Waals surface area (Å²) in [7, 11) is 0. The molecule has 5 atom stereocenters. The number of benzene rings is 2. The Balaban J connectivity index is 1.83. The Bertz CT molecular complexity index is 1070. The van der Waals surface area contributed by atoms with Gasteiger partial charge in [0.05, 0.1) is 11.5 Å². The number of aryl methyl sites for hydroxylation is 1. The van der Waals surface area contributed by atoms with Crippen LogP contribution in [0.4, 0.5) is 5.69 Å². The van der Waals surface area contributed by atoms with Crippen molar-refractivity contribution in [3.8, 4) is 23.0 Å². The van der Waals surface area contributed by atoms with Gasteiger partial charge >= 0.3 is 5.69 Å². The average molecular weight is 481 g/mol. The summed E-state index contributed by atoms with van der Waals surface area (Å²) in [6.45, 7) is -0.722. The van der Waals surface area contributed by atoms with E-state index in [4.69, 9.17) is 9.47 Å². The topological polar surface area (TPSA) is 220 Å². The van der Waals surface area contributed by atoms with Crippen molar-refractivity contribution in [2.45, 2.75) is 43.5 Å². The third-order valence-electron chi connectivity index (χ3n) is 5.31. The SMILES string of the molecule is O=C(CCc1ccc(O)c([N+](=O)[O-])c1)c1c(O)cc(O)cc1O[C@@H]1O[C@H](CO)[C@@H](O)[C@H](O)[C@H]1O. The number of phenolic OH excluding ortho intramolecular Hbond substituents is 3. The van der Waals surface area contributed by atoms with Crippen LogP contribution in [-0.2, 0) is 11.2 Å². The van der Waals surface area contributed by atoms with Gasteiger partial charge in [0.15, 0.2) is 11.5 Å². The van der Waals surface area contributed by atoms with E-state index in [0.29, 0.717) is 5.56 Å². The number of nitro benzene ring substituents is 1. The van der Waals surface area contributed by atoms with Gasteiger partial charge in [-0.3, -0.25) is 14.9 Å². The molecular weight excluding hydrogens is 458 g/mol. The standard InChI is InChI=1S/C21H23NO12/c23-8-16-18(28)19(29)20(30)21(34-16)33-15-7-10(24)6-14(27)17(15)13(26)4-2-9-1-3-12(25)11(5-9)22(31)32/h1,3,5-7,16,18-21,23-25,27-30H,2,4,8H2/t16-,18-,19+,20-,21-/m1/s1. The van der Waals surface area contributed by atoms with E-state index in [0.717, 1.165) is 24.3 Å². The van der Waals surface area contributed by atoms with Crippen molar-refractivity contribution in [2.24, 2.45) is 0 Å². The molecule has 0 amide bonds. The monoisotopic (exact) mass is 481 g/mol. The number of hydrogen-bond donors (Lipinski definition) is 7. The smallest absolute Gasteiger partial charge is 0.310 e. The molecule has 184 valence electrons. The lowest BCUT2D eigenvalue weighted by atomic mass is 9.98. The Morgan fingerprint density at radius 1 is 1.03 bits per heavy atom. The van der Waals surface area contributed by atoms with E-state index < -0.39 is 82.3 Å². The zero-order valence-corrected chi connectivity index (χ0v) is 17.5. The maximum Gasteiger partial charge on any atom is 0.310 e. The number of ketones is 1. The summed E-state index contributed by atoms with van der Waals surface area (Å²) in [5.41, 5.74) is -0.584. The molecule has 0 bridgehead atoms. The summed E-state index contributed by atoms with van der Waals surface area (Å²) in [6, 6.07) is 5.44. The first-order chi connectivity index (χ1) is 16.0. The van der Waals surface area contributed by atoms with E-state index in [1.807, 2.05) is 0 Å². The quantitative estimate of drug-likeness (QED) is 0.147. The number of Topliss-reactive ketones (excluding diaryl/α,β-unsaturated/α-hetero) is 1. The number of carbonyl (C=O) groups excluding carboxylic acids is 1. The summed E-state index contributed by atoms with van der Waals surface area (Å²) in [5.74, 6) is -2.81. The van der Waals surface area contributed by atoms with Crippen LogP contribution in [0.1, 0.15) is 22.3 Å². The predicted molar refractivity (Wildman–Crippen MR) is 112 cm³/mol. The summed E-state index contributed by atoms with van der Waals surface area (Å²) < 4.78 is 10.7. The first-order valence-corrected chi connectivity index (χ1v) is 10.1. The Morgan fingerprint density at radius 2 is 1.74 bits per heavy atom. The molecule has 13 heteroatoms. The Kier molecular flexibility index (Phi) is 7.54. The molecule has 1 aliphatic heterocycles. The molecule has 7 N–H and O–H groups in total. The van der Waals surface area contributed by atoms with Gasteiger partial charge in [0.25, 0.3) is 0 Å². The normalized spacial score (nSPS) is 24.5. The summed E-state index contributed by atoms with van der Waals surface area (Å²) in [5, 5.41) is 79.9. The van der Waals surface area contributed by atoms with Crippen LogP contribution in [0.25, 0.3) is 0 Å². The van der Waals surface area contributed by atoms with Crippen molar-refractivity contribution in [2.75, 3.05) is 6.61 Å². The number of aromatic hydroxyl groups is 3. The summed E-state index contributed by atoms with van der Waals surface area (Å²) in [4.78, 5) is 23.1. The summed E-state index contributed by atoms with van der Waals surface area (Å²) >= 11 is 0. The molecule has 0 unspecified atom stereocenters. The fourth-order valence-corrected chi connectivity index (χ4v) is 3.50. The highest BCUT2D eigenvalue weighted by molar-refractivity contribution is 6.01. The van der Waals surface area contributed by atoms with Crippen LogP contribution in [0.2, 0.25) is 0 Å². The zero-order chi connectivity index (χ0) is 25.2. The maximum absolute atomic E-state index is 12.9. The number of nitro groups is 1. The number of ether oxygens (including phenoxy) is 2. The predicted octanol–water partition coefficient (Wildman–Crippen LogP) is -0.294. The molecule has 0 radical (unpaired) electrons. The van der Waals surface area contributed by atoms with E-state index in [9.17, 15) is 50.7 Å². The molecule has 0 saturated carbocycles. The van der Waals surface area contributed by atoms with E-state index in [1.54, 1.807) is 0 Å². The van der Waals surface area contributed by atoms with Gasteiger partial charge in [-0.05, 0) is 18.1 Å². The molecule has 34 heavy (non-hydrogen) atoms. The van der Waals surface area contributed by atoms with Gasteiger partial charge in [-0.2, -0.15) is 0 Å². The van der Waals surface area contributed by atoms with Gasteiger partial charge in [0.1, 0.15) is 47.2 Å². The molecule has 0 aromatic heterocycles. The molecule has 1 saturated heterocycles. The molecule has 0 aliphatic carbocycles. The van der Waals surface area contributed by atoms with E-state index in [2.05, 4.69) is 0 Å². The number of rotatable bonds is 8. The molecule has 1 fully saturated rings. The van der Waals surface area contributed by atoms with Crippen molar-refractivity contribution in [1.29, 1.82) is 0 Å². The highest BCUT2D eigenvalue weighted by atomic mass is 16.7. The molecule has 0 spiro atoms. The third kappa shape index (κ3) is 5.18. The van der Waals surface area contributed by atoms with E-state index >= 15 is 0 Å². The Labute approximate surface area is 191 Å². The number of aliphatic hydroxyl groups is 4. The van der Waals surface area contributed by atoms with Crippen molar-refractivity contribution in [3.05, 3.63) is 51.6 Å². The van der Waals surface area contributed by atoms with Gasteiger partial charge in [0, 0.05) is 24.6 Å². The van der Waals surface area contributed by atoms with Crippen molar-refractivity contribution in [3.63, 3.8) is 0 Å². The number of phenols is 3. The van der Waals surface area contributed by atoms with Crippen LogP contribution in [0.3, 0.4) is 0 Å². The van der Waals surface area contributed by atoms with E-state index in [1.165, 1.54) is 6.07 Å². The molecule has 2 aromatic carbocycles. The van der Waals surface area contributed by atoms with Crippen molar-refractivity contribution < 1.29 is 54.9 Å². The lowest BCUT2D eigenvalue weighted by Gasteiger charge is -2.39. The molecule has 13 nitrogen and oxygen atoms in total. The van der Waals surface area contributed by atoms with Gasteiger partial charge in [-0.15, -0.1) is 0 Å². The van der Waals surface area contributed by atoms with Crippen LogP contribution in [-0.4, -0.2) is 83.8 Å². The van der Waals surface area contributed by atoms with Crippen LogP contribution >= 0.6 is 0 Å². The molecule has 3 rings (SSSR count). The third-order valence-corrected chi connectivity index (χ3v) is 5.31. The Morgan fingerprint density at radius 3 is 2.38 bits per heavy atom. The van der Waals surface area contributed by atoms with Gasteiger partial charge in [0.2, 0.25) is 6.29 Å². The number of aliphatic hydroxyl groups excluding tert-OH is 4. The first-order valence-electron chi connectivity index (χ1n) is 10.1. The fraction of sp³-hybridized carbons (Fsp3) is 0.381. The van der Waals surface area contributed by atoms with Crippen molar-refractivity contribution in [1.82, 2.24) is 0 Å². The van der Waals surface area contributed by atoms with Crippen LogP contribution in [0.15, 0.2) is 30.3 Å². The second kappa shape index (κ2) is 10.2. The minimum absolute atomic E-state index is 0.0141. The lowest BCUT2D eigenvalue weighted by Crippen LogP contribution is -2.60. The van der Waals surface area contributed by atoms with Crippen LogP contribution in [0.5, 0.6) is 23.0 Å². The van der Waals surface area contributed by atoms with Gasteiger partial charge in [-0.25, -0.2) is 0 Å². The average Bonchev–Trinajstić information content (AvgIpc) is 2.78. The van der Waals surface area contributed by atoms with Gasteiger partial charge < -0.3 is 45.2 Å². The van der Waals surface area contributed by atoms with Crippen molar-refractivity contribution >= 4 is 11.5 Å². The number of carbonyl (C=O) groups is 1. The summed E-state index contributed by atoms with van der Waals surface area (Å²) in [6.07, 6.45) is -8.46. The molecular formula is C21H23NO12. The first kappa shape index (κ1) is 25.1. The highest BCUT2D eigenvalue weighted by Crippen LogP contribution is 2.36. The molecule has 2 aromatic rings. The second-order valence-electron chi connectivity index (χ2n) is 7.66. The van der Waals surface area contributed by atoms with Crippen LogP contribution < -0.4 is 4.74 Å². The minimum Gasteiger partial charge on any atom is -0.508 e. The van der Waals surface area contributed by atoms with Gasteiger partial charge in [-0.1, -0.05) is 6.07 Å². The highest BCUT2D eigenvalue weighted by Gasteiger charge is 2.45.